The molecule has 3 unspecified atom stereocenters. The molecule has 91 heavy (non-hydrogen) atoms. The molecule has 0 radical (unpaired) electrons. The number of allylic oxidation sites excluding steroid dienone is 1. The minimum Gasteiger partial charge on any atom is -0.481 e. The van der Waals surface area contributed by atoms with E-state index in [0.717, 1.165) is 43.9 Å². The minimum absolute atomic E-state index is 0.0286. The van der Waals surface area contributed by atoms with Crippen molar-refractivity contribution in [3.05, 3.63) is 12.2 Å². The maximum atomic E-state index is 15.2. The van der Waals surface area contributed by atoms with Crippen molar-refractivity contribution in [1.82, 2.24) is 63.0 Å². The molecule has 33 nitrogen and oxygen atoms in total. The smallest absolute Gasteiger partial charge is 0.308 e. The summed E-state index contributed by atoms with van der Waals surface area (Å²) >= 11 is 0. The van der Waals surface area contributed by atoms with Gasteiger partial charge in [0.15, 0.2) is 0 Å². The third-order valence-corrected chi connectivity index (χ3v) is 15.9. The van der Waals surface area contributed by atoms with E-state index < -0.39 is 205 Å². The lowest BCUT2D eigenvalue weighted by Gasteiger charge is -2.39. The summed E-state index contributed by atoms with van der Waals surface area (Å²) in [6.07, 6.45) is 6.44. The standard InChI is InChI=1S/C58H92N14O19/c1-8-30(4)18-13-11-9-10-12-14-21-40(74)64-34(24-39(60)73)51(83)70-48-33(7)63-52(84)38-20-17-23-72(38)56(88)45(29(2)3)68-55(87)47(32(6)59)67-42(76)28-62-49(81)35(25-43(77)78)65-41(75)27-61-50(82)36(26-44(79)80)66-54(86)46(31(5)58(90)91)69-53(85)37-19-15-16-22-71(37)57(48)89/h12,14,29-38,45-48H,8-11,13,15-28,59H2,1-7H3,(H2,60,73)(H,61,82)(H,62,81)(H,63,84)(H,64,74)(H,65,75)(H,66,86)(H,67,76)(H,68,87)(H,69,85)(H,70,83)(H,77,78)(H,79,80)(H,90,91)/b14-12-/t30?,31?,32?,33-,34+,35+,36+,37-,38+,45+,46+,47-,48+/m1/s1. The first-order valence-corrected chi connectivity index (χ1v) is 30.7. The van der Waals surface area contributed by atoms with E-state index in [1.807, 2.05) is 10.6 Å². The van der Waals surface area contributed by atoms with Crippen molar-refractivity contribution in [1.29, 1.82) is 0 Å². The summed E-state index contributed by atoms with van der Waals surface area (Å²) in [5.41, 5.74) is 11.7. The van der Waals surface area contributed by atoms with Crippen LogP contribution in [0.1, 0.15) is 145 Å². The van der Waals surface area contributed by atoms with Crippen molar-refractivity contribution >= 4 is 94.7 Å². The lowest BCUT2D eigenvalue weighted by atomic mass is 9.96. The van der Waals surface area contributed by atoms with Crippen molar-refractivity contribution in [2.75, 3.05) is 26.2 Å². The van der Waals surface area contributed by atoms with Crippen LogP contribution in [-0.2, 0) is 76.7 Å². The first-order valence-electron chi connectivity index (χ1n) is 30.7. The number of nitrogens with two attached hydrogens (primary N) is 2. The number of rotatable bonds is 22. The van der Waals surface area contributed by atoms with E-state index >= 15 is 4.79 Å². The maximum Gasteiger partial charge on any atom is 0.308 e. The first-order chi connectivity index (χ1) is 42.8. The number of primary amides is 1. The van der Waals surface area contributed by atoms with Gasteiger partial charge >= 0.3 is 17.9 Å². The van der Waals surface area contributed by atoms with Gasteiger partial charge in [0.25, 0.3) is 0 Å². The van der Waals surface area contributed by atoms with Gasteiger partial charge < -0.3 is 89.8 Å². The molecule has 17 N–H and O–H groups in total. The van der Waals surface area contributed by atoms with Crippen LogP contribution >= 0.6 is 0 Å². The Morgan fingerprint density at radius 2 is 1.16 bits per heavy atom. The van der Waals surface area contributed by atoms with E-state index in [-0.39, 0.29) is 51.6 Å². The second-order valence-electron chi connectivity index (χ2n) is 23.7. The lowest BCUT2D eigenvalue weighted by molar-refractivity contribution is -0.149. The van der Waals surface area contributed by atoms with Crippen molar-refractivity contribution in [3.8, 4) is 0 Å². The largest absolute Gasteiger partial charge is 0.481 e. The molecule has 3 heterocycles. The van der Waals surface area contributed by atoms with Crippen LogP contribution in [-0.4, -0.2) is 212 Å². The van der Waals surface area contributed by atoms with Gasteiger partial charge in [-0.3, -0.25) is 76.7 Å². The fourth-order valence-electron chi connectivity index (χ4n) is 10.4. The predicted molar refractivity (Wildman–Crippen MR) is 321 cm³/mol. The van der Waals surface area contributed by atoms with Crippen LogP contribution in [0.2, 0.25) is 0 Å². The number of carbonyl (C=O) groups excluding carboxylic acids is 13. The number of piperidine rings is 1. The van der Waals surface area contributed by atoms with E-state index in [4.69, 9.17) is 11.5 Å². The molecule has 0 spiro atoms. The topological polar surface area (TPSA) is 513 Å². The predicted octanol–water partition coefficient (Wildman–Crippen LogP) is -4.01. The molecule has 0 saturated carbocycles. The van der Waals surface area contributed by atoms with Crippen LogP contribution in [0.5, 0.6) is 0 Å². The fourth-order valence-corrected chi connectivity index (χ4v) is 10.4. The molecule has 508 valence electrons. The molecule has 0 aliphatic carbocycles. The summed E-state index contributed by atoms with van der Waals surface area (Å²) in [5, 5.41) is 52.5. The van der Waals surface area contributed by atoms with Crippen molar-refractivity contribution in [2.24, 2.45) is 29.2 Å². The van der Waals surface area contributed by atoms with Crippen LogP contribution in [0.25, 0.3) is 0 Å². The Hall–Kier alpha value is -8.78. The highest BCUT2D eigenvalue weighted by molar-refractivity contribution is 6.01. The van der Waals surface area contributed by atoms with E-state index in [1.54, 1.807) is 26.0 Å². The second-order valence-corrected chi connectivity index (χ2v) is 23.7. The van der Waals surface area contributed by atoms with Gasteiger partial charge in [-0.25, -0.2) is 0 Å². The molecule has 3 saturated heterocycles. The average molecular weight is 1290 g/mol. The van der Waals surface area contributed by atoms with Crippen LogP contribution in [0.4, 0.5) is 0 Å². The SMILES string of the molecule is CCC(C)CCCCC/C=C\CC(=O)N[C@@H](CC(N)=O)C(=O)N[C@@H]1C(=O)N2CCCC[C@@H]2C(=O)N[C@@H](C(C)C(=O)O)C(=O)N[C@@H](CC(=O)O)C(=O)NCC(=O)N[C@@H](CC(=O)O)C(=O)NCC(=O)N[C@H](C(C)N)C(=O)N[C@@H](C(C)C)C(=O)N2CCC[C@H]2C(=O)N[C@@H]1C. The number of amides is 13. The van der Waals surface area contributed by atoms with Gasteiger partial charge in [-0.05, 0) is 77.6 Å². The molecule has 0 bridgehead atoms. The molecular formula is C58H92N14O19. The summed E-state index contributed by atoms with van der Waals surface area (Å²) in [7, 11) is 0. The van der Waals surface area contributed by atoms with Crippen LogP contribution in [0.3, 0.4) is 0 Å². The van der Waals surface area contributed by atoms with Gasteiger partial charge in [-0.1, -0.05) is 65.5 Å². The van der Waals surface area contributed by atoms with Gasteiger partial charge in [-0.2, -0.15) is 0 Å². The van der Waals surface area contributed by atoms with E-state index in [9.17, 15) is 87.2 Å². The molecule has 3 fully saturated rings. The van der Waals surface area contributed by atoms with Crippen molar-refractivity contribution in [3.63, 3.8) is 0 Å². The van der Waals surface area contributed by atoms with Gasteiger partial charge in [0.05, 0.1) is 44.3 Å². The Morgan fingerprint density at radius 1 is 0.626 bits per heavy atom. The summed E-state index contributed by atoms with van der Waals surface area (Å²) in [6.45, 7) is 8.77. The van der Waals surface area contributed by atoms with Gasteiger partial charge in [0.1, 0.15) is 54.4 Å². The maximum absolute atomic E-state index is 15.2. The number of hydrogen-bond acceptors (Lipinski definition) is 17. The molecule has 3 rings (SSSR count). The molecule has 13 atom stereocenters. The molecule has 0 aromatic rings. The molecular weight excluding hydrogens is 1200 g/mol. The van der Waals surface area contributed by atoms with Crippen LogP contribution in [0, 0.1) is 17.8 Å². The minimum atomic E-state index is -2.13. The Kier molecular flexibility index (Phi) is 31.4. The van der Waals surface area contributed by atoms with Gasteiger partial charge in [-0.15, -0.1) is 0 Å². The van der Waals surface area contributed by atoms with Gasteiger partial charge in [0.2, 0.25) is 76.8 Å². The number of carboxylic acid groups (broad SMARTS) is 3. The molecule has 3 aliphatic rings. The van der Waals surface area contributed by atoms with E-state index in [0.29, 0.717) is 12.3 Å². The molecule has 33 heteroatoms. The first kappa shape index (κ1) is 76.5. The summed E-state index contributed by atoms with van der Waals surface area (Å²) in [6, 6.07) is -18.3. The highest BCUT2D eigenvalue weighted by Crippen LogP contribution is 2.24. The number of carbonyl (C=O) groups is 16. The van der Waals surface area contributed by atoms with Crippen LogP contribution in [0.15, 0.2) is 12.2 Å². The van der Waals surface area contributed by atoms with Crippen molar-refractivity contribution in [2.45, 2.75) is 211 Å². The fraction of sp³-hybridized carbons (Fsp3) is 0.690. The number of aliphatic carboxylic acids is 3. The number of nitrogens with zero attached hydrogens (tertiary/aromatic N) is 2. The molecule has 0 aromatic heterocycles. The van der Waals surface area contributed by atoms with Gasteiger partial charge in [0, 0.05) is 25.6 Å². The van der Waals surface area contributed by atoms with Crippen LogP contribution < -0.4 is 64.6 Å². The highest BCUT2D eigenvalue weighted by Gasteiger charge is 2.45. The van der Waals surface area contributed by atoms with Crippen molar-refractivity contribution < 1.29 is 92.0 Å². The Labute approximate surface area is 526 Å². The number of carboxylic acids is 3. The summed E-state index contributed by atoms with van der Waals surface area (Å²) < 4.78 is 0. The zero-order valence-corrected chi connectivity index (χ0v) is 52.6. The second kappa shape index (κ2) is 37.4. The van der Waals surface area contributed by atoms with E-state index in [1.165, 1.54) is 18.7 Å². The molecule has 13 amide bonds. The normalized spacial score (nSPS) is 25.6. The zero-order valence-electron chi connectivity index (χ0n) is 52.6. The third kappa shape index (κ3) is 24.8. The molecule has 0 aromatic carbocycles. The molecule has 3 aliphatic heterocycles. The number of nitrogens with one attached hydrogen (secondary N) is 10. The third-order valence-electron chi connectivity index (χ3n) is 15.9. The Bertz CT molecular complexity index is 2710. The van der Waals surface area contributed by atoms with E-state index in [2.05, 4.69) is 56.4 Å². The summed E-state index contributed by atoms with van der Waals surface area (Å²) in [4.78, 5) is 219. The Morgan fingerprint density at radius 3 is 1.73 bits per heavy atom. The monoisotopic (exact) mass is 1290 g/mol. The number of hydrogen-bond donors (Lipinski definition) is 15. The number of unbranched alkanes of at least 4 members (excludes halogenated alkanes) is 3. The highest BCUT2D eigenvalue weighted by atomic mass is 16.4. The average Bonchev–Trinajstić information content (AvgIpc) is 1.82. The quantitative estimate of drug-likeness (QED) is 0.0363. The zero-order chi connectivity index (χ0) is 68.4. The summed E-state index contributed by atoms with van der Waals surface area (Å²) in [5.74, 6) is -21.1. The number of fused-ring (bicyclic) bond motifs is 2. The Balaban J connectivity index is 2.17. The lowest BCUT2D eigenvalue weighted by Crippen LogP contribution is -2.66.